The highest BCUT2D eigenvalue weighted by Crippen LogP contribution is 2.46. The maximum atomic E-state index is 13.0. The number of methoxy groups -OCH3 is 2. The van der Waals surface area contributed by atoms with Gasteiger partial charge in [0.1, 0.15) is 17.2 Å². The van der Waals surface area contributed by atoms with E-state index < -0.39 is 0 Å². The molecule has 2 heterocycles. The molecule has 28 heavy (non-hydrogen) atoms. The van der Waals surface area contributed by atoms with Crippen LogP contribution in [0.4, 0.5) is 5.69 Å². The summed E-state index contributed by atoms with van der Waals surface area (Å²) in [6.45, 7) is 0. The number of hydrogen-bond donors (Lipinski definition) is 0. The number of nitrogens with zero attached hydrogens (tertiary/aromatic N) is 2. The van der Waals surface area contributed by atoms with Crippen LogP contribution in [0.15, 0.2) is 48.5 Å². The fourth-order valence-electron chi connectivity index (χ4n) is 3.42. The van der Waals surface area contributed by atoms with Crippen molar-refractivity contribution in [3.8, 4) is 5.75 Å². The molecule has 0 saturated carbocycles. The van der Waals surface area contributed by atoms with Crippen LogP contribution in [0.2, 0.25) is 0 Å². The number of benzene rings is 2. The number of esters is 1. The third-order valence-electron chi connectivity index (χ3n) is 4.87. The van der Waals surface area contributed by atoms with Gasteiger partial charge in [0, 0.05) is 5.75 Å². The van der Waals surface area contributed by atoms with Crippen molar-refractivity contribution >= 4 is 46.7 Å². The lowest BCUT2D eigenvalue weighted by molar-refractivity contribution is -0.119. The van der Waals surface area contributed by atoms with Crippen molar-refractivity contribution < 1.29 is 19.1 Å². The van der Waals surface area contributed by atoms with Crippen molar-refractivity contribution in [1.82, 2.24) is 4.90 Å². The van der Waals surface area contributed by atoms with Gasteiger partial charge >= 0.3 is 5.97 Å². The standard InChI is InChI=1S/C20H18N2O4S2/c1-25-15-9-7-14(8-10-15)21-17(23)16-11-28-18(22(16)20(21)27)12-3-5-13(6-4-12)19(24)26-2/h3-10,16,18H,11H2,1-2H3/t16-,18?/m0/s1. The largest absolute Gasteiger partial charge is 0.497 e. The molecule has 2 aromatic carbocycles. The summed E-state index contributed by atoms with van der Waals surface area (Å²) in [6.07, 6.45) is 0. The van der Waals surface area contributed by atoms with Crippen molar-refractivity contribution in [3.63, 3.8) is 0 Å². The van der Waals surface area contributed by atoms with Crippen molar-refractivity contribution in [2.75, 3.05) is 24.9 Å². The van der Waals surface area contributed by atoms with Gasteiger partial charge in [0.2, 0.25) is 0 Å². The topological polar surface area (TPSA) is 59.1 Å². The number of carbonyl (C=O) groups is 2. The molecular formula is C20H18N2O4S2. The number of thiocarbonyl (C=S) groups is 1. The minimum Gasteiger partial charge on any atom is -0.497 e. The molecule has 1 amide bonds. The van der Waals surface area contributed by atoms with Gasteiger partial charge in [0.15, 0.2) is 5.11 Å². The molecular weight excluding hydrogens is 396 g/mol. The summed E-state index contributed by atoms with van der Waals surface area (Å²) in [7, 11) is 2.96. The number of fused-ring (bicyclic) bond motifs is 1. The van der Waals surface area contributed by atoms with Crippen molar-refractivity contribution in [2.45, 2.75) is 11.4 Å². The summed E-state index contributed by atoms with van der Waals surface area (Å²) in [5, 5.41) is 0.420. The van der Waals surface area contributed by atoms with Crippen LogP contribution in [0.25, 0.3) is 0 Å². The Morgan fingerprint density at radius 2 is 1.79 bits per heavy atom. The molecule has 4 rings (SSSR count). The molecule has 0 bridgehead atoms. The highest BCUT2D eigenvalue weighted by molar-refractivity contribution is 7.99. The molecule has 0 N–H and O–H groups in total. The monoisotopic (exact) mass is 414 g/mol. The smallest absolute Gasteiger partial charge is 0.337 e. The van der Waals surface area contributed by atoms with Crippen LogP contribution in [-0.2, 0) is 9.53 Å². The second kappa shape index (κ2) is 7.44. The highest BCUT2D eigenvalue weighted by atomic mass is 32.2. The molecule has 1 unspecified atom stereocenters. The molecule has 2 saturated heterocycles. The fraction of sp³-hybridized carbons (Fsp3) is 0.250. The van der Waals surface area contributed by atoms with E-state index >= 15 is 0 Å². The van der Waals surface area contributed by atoms with Gasteiger partial charge in [0.05, 0.1) is 25.5 Å². The Balaban J connectivity index is 1.60. The zero-order valence-corrected chi connectivity index (χ0v) is 17.0. The van der Waals surface area contributed by atoms with Crippen LogP contribution in [-0.4, -0.2) is 47.9 Å². The van der Waals surface area contributed by atoms with E-state index in [-0.39, 0.29) is 23.3 Å². The van der Waals surface area contributed by atoms with E-state index in [2.05, 4.69) is 0 Å². The average molecular weight is 415 g/mol. The van der Waals surface area contributed by atoms with Crippen molar-refractivity contribution in [1.29, 1.82) is 0 Å². The third-order valence-corrected chi connectivity index (χ3v) is 6.58. The highest BCUT2D eigenvalue weighted by Gasteiger charge is 2.50. The van der Waals surface area contributed by atoms with Crippen molar-refractivity contribution in [3.05, 3.63) is 59.7 Å². The van der Waals surface area contributed by atoms with Crippen LogP contribution in [0.5, 0.6) is 5.75 Å². The normalized spacial score (nSPS) is 21.1. The van der Waals surface area contributed by atoms with E-state index in [0.717, 1.165) is 17.0 Å². The summed E-state index contributed by atoms with van der Waals surface area (Å²) in [5.41, 5.74) is 2.22. The Labute approximate surface area is 172 Å². The van der Waals surface area contributed by atoms with E-state index in [1.54, 1.807) is 35.9 Å². The van der Waals surface area contributed by atoms with Gasteiger partial charge in [-0.15, -0.1) is 11.8 Å². The lowest BCUT2D eigenvalue weighted by Gasteiger charge is -2.25. The summed E-state index contributed by atoms with van der Waals surface area (Å²) < 4.78 is 9.93. The molecule has 2 fully saturated rings. The average Bonchev–Trinajstić information content (AvgIpc) is 3.28. The van der Waals surface area contributed by atoms with Crippen molar-refractivity contribution in [2.24, 2.45) is 0 Å². The first-order valence-corrected chi connectivity index (χ1v) is 10.1. The van der Waals surface area contributed by atoms with E-state index in [9.17, 15) is 9.59 Å². The lowest BCUT2D eigenvalue weighted by Crippen LogP contribution is -2.33. The first-order chi connectivity index (χ1) is 13.5. The van der Waals surface area contributed by atoms with Crippen LogP contribution >= 0.6 is 24.0 Å². The van der Waals surface area contributed by atoms with Gasteiger partial charge in [-0.05, 0) is 54.2 Å². The second-order valence-electron chi connectivity index (χ2n) is 6.38. The Bertz CT molecular complexity index is 930. The molecule has 144 valence electrons. The molecule has 0 spiro atoms. The van der Waals surface area contributed by atoms with Crippen LogP contribution < -0.4 is 9.64 Å². The maximum Gasteiger partial charge on any atom is 0.337 e. The van der Waals surface area contributed by atoms with E-state index in [4.69, 9.17) is 21.7 Å². The molecule has 2 aliphatic heterocycles. The van der Waals surface area contributed by atoms with Gasteiger partial charge in [-0.2, -0.15) is 0 Å². The Kier molecular flexibility index (Phi) is 4.99. The van der Waals surface area contributed by atoms with Gasteiger partial charge in [0.25, 0.3) is 5.91 Å². The van der Waals surface area contributed by atoms with Crippen LogP contribution in [0, 0.1) is 0 Å². The fourth-order valence-corrected chi connectivity index (χ4v) is 5.34. The summed E-state index contributed by atoms with van der Waals surface area (Å²) in [6, 6.07) is 14.2. The van der Waals surface area contributed by atoms with Crippen LogP contribution in [0.1, 0.15) is 21.3 Å². The first kappa shape index (κ1) is 18.8. The summed E-state index contributed by atoms with van der Waals surface area (Å²) >= 11 is 7.35. The molecule has 0 aliphatic carbocycles. The Hall–Kier alpha value is -2.58. The number of amides is 1. The first-order valence-electron chi connectivity index (χ1n) is 8.65. The predicted molar refractivity (Wildman–Crippen MR) is 112 cm³/mol. The molecule has 8 heteroatoms. The van der Waals surface area contributed by atoms with Gasteiger partial charge in [-0.25, -0.2) is 4.79 Å². The zero-order chi connectivity index (χ0) is 19.8. The quantitative estimate of drug-likeness (QED) is 0.562. The number of thioether (sulfide) groups is 1. The predicted octanol–water partition coefficient (Wildman–Crippen LogP) is 3.23. The van der Waals surface area contributed by atoms with Crippen LogP contribution in [0.3, 0.4) is 0 Å². The molecule has 6 nitrogen and oxygen atoms in total. The van der Waals surface area contributed by atoms with E-state index in [1.165, 1.54) is 7.11 Å². The number of ether oxygens (including phenoxy) is 2. The number of hydrogen-bond acceptors (Lipinski definition) is 6. The molecule has 2 atom stereocenters. The zero-order valence-electron chi connectivity index (χ0n) is 15.3. The van der Waals surface area contributed by atoms with E-state index in [0.29, 0.717) is 16.4 Å². The summed E-state index contributed by atoms with van der Waals surface area (Å²) in [4.78, 5) is 28.2. The minimum absolute atomic E-state index is 0.0173. The summed E-state index contributed by atoms with van der Waals surface area (Å²) in [5.74, 6) is 0.994. The van der Waals surface area contributed by atoms with Gasteiger partial charge < -0.3 is 14.4 Å². The van der Waals surface area contributed by atoms with Gasteiger partial charge in [-0.3, -0.25) is 9.69 Å². The number of carbonyl (C=O) groups excluding carboxylic acids is 2. The number of anilines is 1. The molecule has 0 aromatic heterocycles. The van der Waals surface area contributed by atoms with E-state index in [1.807, 2.05) is 41.3 Å². The maximum absolute atomic E-state index is 13.0. The molecule has 2 aromatic rings. The number of rotatable bonds is 4. The Morgan fingerprint density at radius 1 is 1.11 bits per heavy atom. The Morgan fingerprint density at radius 3 is 2.39 bits per heavy atom. The molecule has 2 aliphatic rings. The molecule has 0 radical (unpaired) electrons. The SMILES string of the molecule is COC(=O)c1ccc(C2SC[C@H]3C(=O)N(c4ccc(OC)cc4)C(=S)N23)cc1. The third kappa shape index (κ3) is 3.02. The minimum atomic E-state index is -0.374. The lowest BCUT2D eigenvalue weighted by atomic mass is 10.1. The second-order valence-corrected chi connectivity index (χ2v) is 7.85. The van der Waals surface area contributed by atoms with Gasteiger partial charge in [-0.1, -0.05) is 12.1 Å².